The average Bonchev–Trinajstić information content (AvgIpc) is 2.90. The third kappa shape index (κ3) is 11.1. The van der Waals surface area contributed by atoms with E-state index < -0.39 is 12.0 Å². The van der Waals surface area contributed by atoms with E-state index in [0.717, 1.165) is 44.1 Å². The molecule has 2 aliphatic rings. The van der Waals surface area contributed by atoms with Gasteiger partial charge in [-0.05, 0) is 50.0 Å². The molecule has 1 aliphatic heterocycles. The number of benzene rings is 1. The molecular weight excluding hydrogens is 468 g/mol. The Hall–Kier alpha value is -2.67. The SMILES string of the molecule is O=C(CC1CC=CCCCCC(=O)OCC(CC2CCCCC2)NC1=O)NC(CO)Cc1ccccc1. The lowest BCUT2D eigenvalue weighted by Crippen LogP contribution is -2.45. The highest BCUT2D eigenvalue weighted by Gasteiger charge is 2.27. The molecule has 0 bridgehead atoms. The van der Waals surface area contributed by atoms with E-state index in [4.69, 9.17) is 4.74 Å². The first-order valence-electron chi connectivity index (χ1n) is 14.1. The minimum Gasteiger partial charge on any atom is -0.463 e. The van der Waals surface area contributed by atoms with Crippen LogP contribution in [0.1, 0.15) is 82.6 Å². The summed E-state index contributed by atoms with van der Waals surface area (Å²) in [7, 11) is 0. The van der Waals surface area contributed by atoms with Gasteiger partial charge in [0.25, 0.3) is 0 Å². The minimum atomic E-state index is -0.528. The highest BCUT2D eigenvalue weighted by molar-refractivity contribution is 5.86. The lowest BCUT2D eigenvalue weighted by molar-refractivity contribution is -0.145. The van der Waals surface area contributed by atoms with Crippen LogP contribution in [0.3, 0.4) is 0 Å². The number of nitrogens with one attached hydrogen (secondary N) is 2. The molecule has 0 saturated heterocycles. The van der Waals surface area contributed by atoms with Crippen LogP contribution in [0.5, 0.6) is 0 Å². The van der Waals surface area contributed by atoms with Crippen LogP contribution in [0.2, 0.25) is 0 Å². The van der Waals surface area contributed by atoms with Crippen molar-refractivity contribution >= 4 is 17.8 Å². The predicted molar refractivity (Wildman–Crippen MR) is 144 cm³/mol. The molecule has 0 aromatic heterocycles. The molecule has 3 atom stereocenters. The second-order valence-corrected chi connectivity index (χ2v) is 10.6. The van der Waals surface area contributed by atoms with Gasteiger partial charge in [-0.1, -0.05) is 74.6 Å². The first-order chi connectivity index (χ1) is 18.0. The summed E-state index contributed by atoms with van der Waals surface area (Å²) < 4.78 is 5.55. The summed E-state index contributed by atoms with van der Waals surface area (Å²) in [6, 6.07) is 9.05. The molecule has 0 radical (unpaired) electrons. The minimum absolute atomic E-state index is 0.0391. The molecule has 204 valence electrons. The van der Waals surface area contributed by atoms with E-state index in [0.29, 0.717) is 25.2 Å². The number of hydrogen-bond acceptors (Lipinski definition) is 5. The fourth-order valence-electron chi connectivity index (χ4n) is 5.34. The molecule has 3 rings (SSSR count). The van der Waals surface area contributed by atoms with E-state index in [1.165, 1.54) is 19.3 Å². The second kappa shape index (κ2) is 16.2. The van der Waals surface area contributed by atoms with Gasteiger partial charge in [0.05, 0.1) is 24.6 Å². The molecular formula is C30H44N2O5. The molecule has 7 nitrogen and oxygen atoms in total. The largest absolute Gasteiger partial charge is 0.463 e. The van der Waals surface area contributed by atoms with Gasteiger partial charge >= 0.3 is 5.97 Å². The zero-order valence-corrected chi connectivity index (χ0v) is 22.0. The summed E-state index contributed by atoms with van der Waals surface area (Å²) in [6.07, 6.45) is 14.6. The van der Waals surface area contributed by atoms with Crippen LogP contribution in [-0.2, 0) is 25.5 Å². The molecule has 1 heterocycles. The van der Waals surface area contributed by atoms with Crippen molar-refractivity contribution in [2.75, 3.05) is 13.2 Å². The molecule has 1 aromatic rings. The van der Waals surface area contributed by atoms with Gasteiger partial charge in [-0.3, -0.25) is 14.4 Å². The lowest BCUT2D eigenvalue weighted by Gasteiger charge is -2.28. The summed E-state index contributed by atoms with van der Waals surface area (Å²) in [4.78, 5) is 38.5. The summed E-state index contributed by atoms with van der Waals surface area (Å²) in [5, 5.41) is 15.8. The highest BCUT2D eigenvalue weighted by Crippen LogP contribution is 2.28. The van der Waals surface area contributed by atoms with E-state index in [1.807, 2.05) is 42.5 Å². The van der Waals surface area contributed by atoms with Crippen LogP contribution < -0.4 is 10.6 Å². The van der Waals surface area contributed by atoms with Crippen LogP contribution in [-0.4, -0.2) is 48.2 Å². The van der Waals surface area contributed by atoms with Gasteiger partial charge in [0.2, 0.25) is 11.8 Å². The number of carbonyl (C=O) groups is 3. The van der Waals surface area contributed by atoms with Gasteiger partial charge in [-0.2, -0.15) is 0 Å². The van der Waals surface area contributed by atoms with Crippen molar-refractivity contribution < 1.29 is 24.2 Å². The zero-order chi connectivity index (χ0) is 26.3. The Balaban J connectivity index is 1.64. The van der Waals surface area contributed by atoms with Gasteiger partial charge in [0.1, 0.15) is 6.61 Å². The van der Waals surface area contributed by atoms with Crippen molar-refractivity contribution in [3.8, 4) is 0 Å². The topological polar surface area (TPSA) is 105 Å². The van der Waals surface area contributed by atoms with Crippen LogP contribution in [0, 0.1) is 11.8 Å². The number of amides is 2. The molecule has 1 aliphatic carbocycles. The normalized spacial score (nSPS) is 23.4. The Morgan fingerprint density at radius 1 is 1.05 bits per heavy atom. The number of aliphatic hydroxyl groups is 1. The van der Waals surface area contributed by atoms with Gasteiger partial charge in [-0.15, -0.1) is 0 Å². The number of cyclic esters (lactones) is 1. The number of hydrogen-bond donors (Lipinski definition) is 3. The monoisotopic (exact) mass is 512 g/mol. The Morgan fingerprint density at radius 3 is 2.59 bits per heavy atom. The predicted octanol–water partition coefficient (Wildman–Crippen LogP) is 4.23. The summed E-state index contributed by atoms with van der Waals surface area (Å²) >= 11 is 0. The van der Waals surface area contributed by atoms with E-state index in [-0.39, 0.29) is 43.5 Å². The molecule has 1 fully saturated rings. The molecule has 1 aromatic carbocycles. The van der Waals surface area contributed by atoms with Crippen LogP contribution in [0.15, 0.2) is 42.5 Å². The van der Waals surface area contributed by atoms with Crippen molar-refractivity contribution in [2.24, 2.45) is 11.8 Å². The second-order valence-electron chi connectivity index (χ2n) is 10.6. The fourth-order valence-corrected chi connectivity index (χ4v) is 5.34. The van der Waals surface area contributed by atoms with Crippen molar-refractivity contribution in [2.45, 2.75) is 95.6 Å². The summed E-state index contributed by atoms with van der Waals surface area (Å²) in [5.41, 5.74) is 1.03. The molecule has 2 amide bonds. The highest BCUT2D eigenvalue weighted by atomic mass is 16.5. The Labute approximate surface area is 221 Å². The van der Waals surface area contributed by atoms with Gasteiger partial charge in [0, 0.05) is 12.8 Å². The third-order valence-electron chi connectivity index (χ3n) is 7.44. The fraction of sp³-hybridized carbons (Fsp3) is 0.633. The standard InChI is InChI=1S/C30H44N2O5/c33-21-26(18-23-12-6-4-7-13-23)31-28(34)20-25-16-10-2-1-3-11-17-29(35)37-22-27(32-30(25)36)19-24-14-8-5-9-15-24/h2,4,6-7,10,12-13,24-27,33H,1,3,5,8-9,11,14-22H2,(H,31,34)(H,32,36). The summed E-state index contributed by atoms with van der Waals surface area (Å²) in [6.45, 7) is 0.00568. The van der Waals surface area contributed by atoms with Crippen LogP contribution >= 0.6 is 0 Å². The van der Waals surface area contributed by atoms with Crippen LogP contribution in [0.25, 0.3) is 0 Å². The number of aliphatic hydroxyl groups excluding tert-OH is 1. The molecule has 7 heteroatoms. The van der Waals surface area contributed by atoms with Crippen LogP contribution in [0.4, 0.5) is 0 Å². The molecule has 0 spiro atoms. The Kier molecular flexibility index (Phi) is 12.7. The molecule has 37 heavy (non-hydrogen) atoms. The molecule has 3 N–H and O–H groups in total. The first-order valence-corrected chi connectivity index (χ1v) is 14.1. The quantitative estimate of drug-likeness (QED) is 0.357. The maximum atomic E-state index is 13.4. The van der Waals surface area contributed by atoms with Crippen molar-refractivity contribution in [3.63, 3.8) is 0 Å². The number of ether oxygens (including phenoxy) is 1. The zero-order valence-electron chi connectivity index (χ0n) is 22.0. The Morgan fingerprint density at radius 2 is 1.84 bits per heavy atom. The van der Waals surface area contributed by atoms with E-state index >= 15 is 0 Å². The molecule has 3 unspecified atom stereocenters. The van der Waals surface area contributed by atoms with Crippen molar-refractivity contribution in [1.29, 1.82) is 0 Å². The first kappa shape index (κ1) is 28.9. The lowest BCUT2D eigenvalue weighted by atomic mass is 9.84. The number of carbonyl (C=O) groups excluding carboxylic acids is 3. The molecule has 1 saturated carbocycles. The maximum Gasteiger partial charge on any atom is 0.305 e. The van der Waals surface area contributed by atoms with Gasteiger partial charge in [-0.25, -0.2) is 0 Å². The Bertz CT molecular complexity index is 866. The van der Waals surface area contributed by atoms with E-state index in [9.17, 15) is 19.5 Å². The van der Waals surface area contributed by atoms with Crippen molar-refractivity contribution in [1.82, 2.24) is 10.6 Å². The third-order valence-corrected chi connectivity index (χ3v) is 7.44. The average molecular weight is 513 g/mol. The maximum absolute atomic E-state index is 13.4. The number of allylic oxidation sites excluding steroid dienone is 2. The summed E-state index contributed by atoms with van der Waals surface area (Å²) in [5.74, 6) is -0.660. The van der Waals surface area contributed by atoms with E-state index in [1.54, 1.807) is 0 Å². The van der Waals surface area contributed by atoms with Gasteiger partial charge < -0.3 is 20.5 Å². The number of esters is 1. The van der Waals surface area contributed by atoms with Crippen molar-refractivity contribution in [3.05, 3.63) is 48.0 Å². The van der Waals surface area contributed by atoms with Gasteiger partial charge in [0.15, 0.2) is 0 Å². The smallest absolute Gasteiger partial charge is 0.305 e. The number of rotatable bonds is 8. The van der Waals surface area contributed by atoms with E-state index in [2.05, 4.69) is 10.6 Å².